The van der Waals surface area contributed by atoms with Gasteiger partial charge in [-0.1, -0.05) is 6.07 Å². The monoisotopic (exact) mass is 380 g/mol. The van der Waals surface area contributed by atoms with Crippen LogP contribution >= 0.6 is 11.3 Å². The van der Waals surface area contributed by atoms with E-state index in [1.165, 1.54) is 11.3 Å². The molecule has 3 aromatic rings. The molecule has 0 saturated carbocycles. The number of ether oxygens (including phenoxy) is 1. The predicted octanol–water partition coefficient (Wildman–Crippen LogP) is 3.18. The largest absolute Gasteiger partial charge is 0.497 e. The standard InChI is InChI=1S/C20H20N4O2S/c1-26-16-6-4-15(5-7-16)17-8-9-19(22-21-17)23-10-12-24(13-11-23)20(25)18-3-2-14-27-18/h2-9,14H,10-13H2,1H3. The summed E-state index contributed by atoms with van der Waals surface area (Å²) in [6.07, 6.45) is 0. The number of amides is 1. The topological polar surface area (TPSA) is 58.6 Å². The van der Waals surface area contributed by atoms with Crippen molar-refractivity contribution in [3.8, 4) is 17.0 Å². The van der Waals surface area contributed by atoms with Crippen molar-refractivity contribution in [1.29, 1.82) is 0 Å². The Morgan fingerprint density at radius 3 is 2.37 bits per heavy atom. The fraction of sp³-hybridized carbons (Fsp3) is 0.250. The molecule has 0 atom stereocenters. The van der Waals surface area contributed by atoms with Gasteiger partial charge in [0.1, 0.15) is 5.75 Å². The summed E-state index contributed by atoms with van der Waals surface area (Å²) in [5.41, 5.74) is 1.83. The van der Waals surface area contributed by atoms with E-state index in [1.54, 1.807) is 7.11 Å². The summed E-state index contributed by atoms with van der Waals surface area (Å²) in [6, 6.07) is 15.5. The minimum atomic E-state index is 0.116. The van der Waals surface area contributed by atoms with Gasteiger partial charge in [-0.05, 0) is 47.8 Å². The number of hydrogen-bond acceptors (Lipinski definition) is 6. The van der Waals surface area contributed by atoms with Gasteiger partial charge < -0.3 is 14.5 Å². The molecule has 4 rings (SSSR count). The normalized spacial score (nSPS) is 14.3. The molecule has 27 heavy (non-hydrogen) atoms. The minimum absolute atomic E-state index is 0.116. The second kappa shape index (κ2) is 7.75. The van der Waals surface area contributed by atoms with Crippen molar-refractivity contribution in [2.75, 3.05) is 38.2 Å². The Bertz CT molecular complexity index is 887. The molecule has 1 amide bonds. The lowest BCUT2D eigenvalue weighted by Gasteiger charge is -2.35. The Morgan fingerprint density at radius 2 is 1.78 bits per heavy atom. The SMILES string of the molecule is COc1ccc(-c2ccc(N3CCN(C(=O)c4cccs4)CC3)nn2)cc1. The Hall–Kier alpha value is -2.93. The second-order valence-corrected chi connectivity index (χ2v) is 7.21. The molecule has 0 bridgehead atoms. The van der Waals surface area contributed by atoms with Crippen LogP contribution in [0.4, 0.5) is 5.82 Å². The van der Waals surface area contributed by atoms with Gasteiger partial charge in [-0.25, -0.2) is 0 Å². The summed E-state index contributed by atoms with van der Waals surface area (Å²) >= 11 is 1.49. The maximum Gasteiger partial charge on any atom is 0.264 e. The van der Waals surface area contributed by atoms with Crippen molar-refractivity contribution in [2.45, 2.75) is 0 Å². The van der Waals surface area contributed by atoms with Crippen LogP contribution < -0.4 is 9.64 Å². The molecule has 0 N–H and O–H groups in total. The van der Waals surface area contributed by atoms with Crippen molar-refractivity contribution in [3.05, 3.63) is 58.8 Å². The summed E-state index contributed by atoms with van der Waals surface area (Å²) in [4.78, 5) is 17.3. The Balaban J connectivity index is 1.39. The number of rotatable bonds is 4. The zero-order chi connectivity index (χ0) is 18.6. The first-order valence-corrected chi connectivity index (χ1v) is 9.68. The molecule has 1 saturated heterocycles. The first-order valence-electron chi connectivity index (χ1n) is 8.80. The number of benzene rings is 1. The summed E-state index contributed by atoms with van der Waals surface area (Å²) in [6.45, 7) is 2.90. The highest BCUT2D eigenvalue weighted by molar-refractivity contribution is 7.12. The van der Waals surface area contributed by atoms with E-state index in [0.717, 1.165) is 40.8 Å². The van der Waals surface area contributed by atoms with Gasteiger partial charge in [-0.15, -0.1) is 21.5 Å². The van der Waals surface area contributed by atoms with E-state index in [-0.39, 0.29) is 5.91 Å². The van der Waals surface area contributed by atoms with Gasteiger partial charge in [0.15, 0.2) is 5.82 Å². The zero-order valence-electron chi connectivity index (χ0n) is 15.0. The van der Waals surface area contributed by atoms with Gasteiger partial charge in [0.05, 0.1) is 17.7 Å². The Morgan fingerprint density at radius 1 is 1.00 bits per heavy atom. The van der Waals surface area contributed by atoms with Crippen LogP contribution in [-0.2, 0) is 0 Å². The quantitative estimate of drug-likeness (QED) is 0.696. The number of hydrogen-bond donors (Lipinski definition) is 0. The van der Waals surface area contributed by atoms with Crippen LogP contribution in [0.2, 0.25) is 0 Å². The third-order valence-electron chi connectivity index (χ3n) is 4.66. The maximum absolute atomic E-state index is 12.4. The van der Waals surface area contributed by atoms with Crippen LogP contribution in [0.5, 0.6) is 5.75 Å². The van der Waals surface area contributed by atoms with E-state index in [1.807, 2.05) is 58.8 Å². The molecule has 0 radical (unpaired) electrons. The summed E-state index contributed by atoms with van der Waals surface area (Å²) < 4.78 is 5.18. The van der Waals surface area contributed by atoms with Crippen molar-refractivity contribution in [1.82, 2.24) is 15.1 Å². The average Bonchev–Trinajstić information content (AvgIpc) is 3.28. The molecule has 1 aliphatic rings. The van der Waals surface area contributed by atoms with Gasteiger partial charge >= 0.3 is 0 Å². The van der Waals surface area contributed by atoms with E-state index >= 15 is 0 Å². The molecular weight excluding hydrogens is 360 g/mol. The molecule has 0 unspecified atom stereocenters. The molecule has 3 heterocycles. The number of nitrogens with zero attached hydrogens (tertiary/aromatic N) is 4. The summed E-state index contributed by atoms with van der Waals surface area (Å²) in [5, 5.41) is 10.7. The number of piperazine rings is 1. The van der Waals surface area contributed by atoms with Crippen molar-refractivity contribution in [3.63, 3.8) is 0 Å². The molecule has 1 aromatic carbocycles. The molecule has 0 aliphatic carbocycles. The average molecular weight is 380 g/mol. The van der Waals surface area contributed by atoms with Gasteiger partial charge in [0, 0.05) is 31.7 Å². The molecule has 2 aromatic heterocycles. The van der Waals surface area contributed by atoms with E-state index in [9.17, 15) is 4.79 Å². The predicted molar refractivity (Wildman–Crippen MR) is 106 cm³/mol. The van der Waals surface area contributed by atoms with Crippen molar-refractivity contribution < 1.29 is 9.53 Å². The maximum atomic E-state index is 12.4. The molecule has 138 valence electrons. The first-order chi connectivity index (χ1) is 13.2. The lowest BCUT2D eigenvalue weighted by atomic mass is 10.1. The number of carbonyl (C=O) groups is 1. The van der Waals surface area contributed by atoms with Crippen LogP contribution in [0.25, 0.3) is 11.3 Å². The Kier molecular flexibility index (Phi) is 5.02. The fourth-order valence-corrected chi connectivity index (χ4v) is 3.80. The summed E-state index contributed by atoms with van der Waals surface area (Å²) in [5.74, 6) is 1.78. The second-order valence-electron chi connectivity index (χ2n) is 6.26. The highest BCUT2D eigenvalue weighted by atomic mass is 32.1. The van der Waals surface area contributed by atoms with Gasteiger partial charge in [0.25, 0.3) is 5.91 Å². The number of carbonyl (C=O) groups excluding carboxylic acids is 1. The lowest BCUT2D eigenvalue weighted by Crippen LogP contribution is -2.48. The minimum Gasteiger partial charge on any atom is -0.497 e. The number of thiophene rings is 1. The fourth-order valence-electron chi connectivity index (χ4n) is 3.10. The third-order valence-corrected chi connectivity index (χ3v) is 5.52. The van der Waals surface area contributed by atoms with E-state index in [4.69, 9.17) is 4.74 Å². The highest BCUT2D eigenvalue weighted by Gasteiger charge is 2.23. The van der Waals surface area contributed by atoms with Gasteiger partial charge in [-0.2, -0.15) is 0 Å². The molecule has 7 heteroatoms. The van der Waals surface area contributed by atoms with Crippen LogP contribution in [0.3, 0.4) is 0 Å². The third kappa shape index (κ3) is 3.78. The zero-order valence-corrected chi connectivity index (χ0v) is 15.9. The van der Waals surface area contributed by atoms with E-state index < -0.39 is 0 Å². The van der Waals surface area contributed by atoms with E-state index in [2.05, 4.69) is 15.1 Å². The van der Waals surface area contributed by atoms with Crippen LogP contribution in [-0.4, -0.2) is 54.3 Å². The summed E-state index contributed by atoms with van der Waals surface area (Å²) in [7, 11) is 1.65. The van der Waals surface area contributed by atoms with Crippen LogP contribution in [0.1, 0.15) is 9.67 Å². The van der Waals surface area contributed by atoms with Crippen molar-refractivity contribution in [2.24, 2.45) is 0 Å². The molecule has 1 fully saturated rings. The van der Waals surface area contributed by atoms with Gasteiger partial charge in [-0.3, -0.25) is 4.79 Å². The number of methoxy groups -OCH3 is 1. The molecule has 1 aliphatic heterocycles. The number of aromatic nitrogens is 2. The van der Waals surface area contributed by atoms with Crippen molar-refractivity contribution >= 4 is 23.1 Å². The molecule has 6 nitrogen and oxygen atoms in total. The smallest absolute Gasteiger partial charge is 0.264 e. The van der Waals surface area contributed by atoms with Crippen LogP contribution in [0, 0.1) is 0 Å². The first kappa shape index (κ1) is 17.5. The van der Waals surface area contributed by atoms with E-state index in [0.29, 0.717) is 13.1 Å². The van der Waals surface area contributed by atoms with Gasteiger partial charge in [0.2, 0.25) is 0 Å². The number of anilines is 1. The Labute approximate surface area is 162 Å². The lowest BCUT2D eigenvalue weighted by molar-refractivity contribution is 0.0751. The highest BCUT2D eigenvalue weighted by Crippen LogP contribution is 2.22. The molecular formula is C20H20N4O2S. The molecule has 0 spiro atoms. The van der Waals surface area contributed by atoms with Crippen LogP contribution in [0.15, 0.2) is 53.9 Å².